The van der Waals surface area contributed by atoms with Crippen molar-refractivity contribution in [3.8, 4) is 16.2 Å². The largest absolute Gasteiger partial charge is 0.497 e. The van der Waals surface area contributed by atoms with Crippen LogP contribution < -0.4 is 15.8 Å². The van der Waals surface area contributed by atoms with Crippen LogP contribution in [0.25, 0.3) is 10.4 Å². The minimum Gasteiger partial charge on any atom is -0.497 e. The van der Waals surface area contributed by atoms with Gasteiger partial charge in [0.25, 0.3) is 0 Å². The van der Waals surface area contributed by atoms with Crippen molar-refractivity contribution >= 4 is 52.2 Å². The highest BCUT2D eigenvalue weighted by molar-refractivity contribution is 7.17. The number of thiophene rings is 1. The molecule has 3 rings (SSSR count). The van der Waals surface area contributed by atoms with Gasteiger partial charge in [-0.1, -0.05) is 29.3 Å². The van der Waals surface area contributed by atoms with Crippen LogP contribution in [0.5, 0.6) is 5.75 Å². The third-order valence-electron chi connectivity index (χ3n) is 4.19. The zero-order valence-corrected chi connectivity index (χ0v) is 18.1. The van der Waals surface area contributed by atoms with Gasteiger partial charge in [0.2, 0.25) is 11.7 Å². The molecule has 0 aliphatic rings. The molecule has 0 radical (unpaired) electrons. The van der Waals surface area contributed by atoms with Gasteiger partial charge in [0.05, 0.1) is 28.5 Å². The van der Waals surface area contributed by atoms with Gasteiger partial charge in [-0.2, -0.15) is 0 Å². The van der Waals surface area contributed by atoms with E-state index in [2.05, 4.69) is 5.32 Å². The average molecular weight is 462 g/mol. The van der Waals surface area contributed by atoms with E-state index in [4.69, 9.17) is 39.1 Å². The minimum atomic E-state index is -0.454. The fraction of sp³-hybridized carbons (Fsp3) is 0.0952. The Bertz CT molecular complexity index is 1130. The molecule has 9 heteroatoms. The molecule has 4 N–H and O–H groups in total. The maximum atomic E-state index is 13.0. The number of amides is 1. The predicted molar refractivity (Wildman–Crippen MR) is 120 cm³/mol. The molecule has 0 unspecified atom stereocenters. The van der Waals surface area contributed by atoms with E-state index in [9.17, 15) is 9.59 Å². The van der Waals surface area contributed by atoms with Gasteiger partial charge in [-0.05, 0) is 53.6 Å². The average Bonchev–Trinajstić information content (AvgIpc) is 3.12. The Balaban J connectivity index is 2.01. The molecular formula is C21H17Cl2N3O3S. The Morgan fingerprint density at radius 1 is 1.10 bits per heavy atom. The summed E-state index contributed by atoms with van der Waals surface area (Å²) in [5.74, 6) is -0.427. The number of carbonyl (C=O) groups excluding carboxylic acids is 2. The van der Waals surface area contributed by atoms with E-state index in [1.54, 1.807) is 55.6 Å². The fourth-order valence-corrected chi connectivity index (χ4v) is 4.24. The summed E-state index contributed by atoms with van der Waals surface area (Å²) >= 11 is 13.4. The zero-order chi connectivity index (χ0) is 21.8. The second kappa shape index (κ2) is 9.30. The molecule has 0 bridgehead atoms. The number of nitrogens with two attached hydrogens (primary N) is 1. The van der Waals surface area contributed by atoms with Gasteiger partial charge in [-0.15, -0.1) is 11.3 Å². The number of guanidine groups is 1. The number of ether oxygens (including phenoxy) is 1. The first-order valence-corrected chi connectivity index (χ1v) is 10.3. The highest BCUT2D eigenvalue weighted by Crippen LogP contribution is 2.37. The Morgan fingerprint density at radius 2 is 1.80 bits per heavy atom. The fourth-order valence-electron chi connectivity index (χ4n) is 2.81. The van der Waals surface area contributed by atoms with Crippen LogP contribution in [0.4, 0.5) is 0 Å². The standard InChI is InChI=1S/C21H17Cl2N3O3S/c1-29-14-5-2-11(3-6-14)19(28)17-9-13(10-18(27)26-21(24)25)20(30-17)12-4-7-15(22)16(23)8-12/h2-9H,10H2,1H3,(H4,24,25,26,27). The molecule has 0 saturated heterocycles. The molecule has 0 aliphatic heterocycles. The van der Waals surface area contributed by atoms with Crippen LogP contribution in [0.3, 0.4) is 0 Å². The molecule has 0 aliphatic carbocycles. The van der Waals surface area contributed by atoms with Crippen LogP contribution >= 0.6 is 34.5 Å². The third kappa shape index (κ3) is 4.99. The van der Waals surface area contributed by atoms with Crippen LogP contribution in [-0.2, 0) is 11.2 Å². The second-order valence-electron chi connectivity index (χ2n) is 6.29. The lowest BCUT2D eigenvalue weighted by molar-refractivity contribution is -0.119. The van der Waals surface area contributed by atoms with Crippen molar-refractivity contribution in [3.05, 3.63) is 74.6 Å². The molecule has 1 amide bonds. The summed E-state index contributed by atoms with van der Waals surface area (Å²) in [6.07, 6.45) is -0.0540. The van der Waals surface area contributed by atoms with Crippen LogP contribution in [0.2, 0.25) is 10.0 Å². The Labute approximate surface area is 187 Å². The van der Waals surface area contributed by atoms with E-state index < -0.39 is 11.9 Å². The Morgan fingerprint density at radius 3 is 2.40 bits per heavy atom. The lowest BCUT2D eigenvalue weighted by Gasteiger charge is -2.06. The number of methoxy groups -OCH3 is 1. The van der Waals surface area contributed by atoms with E-state index in [1.807, 2.05) is 0 Å². The minimum absolute atomic E-state index is 0.0540. The number of nitrogens with one attached hydrogen (secondary N) is 2. The summed E-state index contributed by atoms with van der Waals surface area (Å²) in [5, 5.41) is 10.3. The quantitative estimate of drug-likeness (QED) is 0.285. The molecule has 0 spiro atoms. The van der Waals surface area contributed by atoms with Gasteiger partial charge in [-0.3, -0.25) is 20.3 Å². The first kappa shape index (κ1) is 21.8. The second-order valence-corrected chi connectivity index (χ2v) is 8.16. The molecule has 0 atom stereocenters. The molecule has 6 nitrogen and oxygen atoms in total. The third-order valence-corrected chi connectivity index (χ3v) is 6.16. The summed E-state index contributed by atoms with van der Waals surface area (Å²) in [5.41, 5.74) is 7.09. The zero-order valence-electron chi connectivity index (χ0n) is 15.8. The van der Waals surface area contributed by atoms with Gasteiger partial charge in [0, 0.05) is 10.4 Å². The molecule has 30 heavy (non-hydrogen) atoms. The predicted octanol–water partition coefficient (Wildman–Crippen LogP) is 4.51. The summed E-state index contributed by atoms with van der Waals surface area (Å²) in [4.78, 5) is 26.3. The SMILES string of the molecule is COc1ccc(C(=O)c2cc(CC(=O)NC(=N)N)c(-c3ccc(Cl)c(Cl)c3)s2)cc1. The first-order valence-electron chi connectivity index (χ1n) is 8.69. The van der Waals surface area contributed by atoms with Crippen molar-refractivity contribution in [1.82, 2.24) is 5.32 Å². The smallest absolute Gasteiger partial charge is 0.231 e. The summed E-state index contributed by atoms with van der Waals surface area (Å²) in [7, 11) is 1.55. The number of rotatable bonds is 6. The number of hydrogen-bond donors (Lipinski definition) is 3. The molecule has 1 aromatic heterocycles. The molecule has 1 heterocycles. The Hall–Kier alpha value is -2.87. The van der Waals surface area contributed by atoms with Crippen LogP contribution in [0.15, 0.2) is 48.5 Å². The van der Waals surface area contributed by atoms with Gasteiger partial charge in [0.15, 0.2) is 5.96 Å². The topological polar surface area (TPSA) is 105 Å². The van der Waals surface area contributed by atoms with Gasteiger partial charge in [-0.25, -0.2) is 0 Å². The number of carbonyl (C=O) groups is 2. The number of halogens is 2. The maximum Gasteiger partial charge on any atom is 0.231 e. The monoisotopic (exact) mass is 461 g/mol. The highest BCUT2D eigenvalue weighted by atomic mass is 35.5. The summed E-state index contributed by atoms with van der Waals surface area (Å²) in [6.45, 7) is 0. The first-order chi connectivity index (χ1) is 14.3. The highest BCUT2D eigenvalue weighted by Gasteiger charge is 2.20. The lowest BCUT2D eigenvalue weighted by Crippen LogP contribution is -2.36. The van der Waals surface area contributed by atoms with Crippen molar-refractivity contribution in [2.45, 2.75) is 6.42 Å². The Kier molecular flexibility index (Phi) is 6.77. The van der Waals surface area contributed by atoms with Crippen molar-refractivity contribution in [2.75, 3.05) is 7.11 Å². The normalized spacial score (nSPS) is 10.5. The van der Waals surface area contributed by atoms with E-state index in [1.165, 1.54) is 11.3 Å². The molecule has 154 valence electrons. The summed E-state index contributed by atoms with van der Waals surface area (Å²) in [6, 6.07) is 13.6. The number of hydrogen-bond acceptors (Lipinski definition) is 5. The van der Waals surface area contributed by atoms with Gasteiger partial charge >= 0.3 is 0 Å². The number of ketones is 1. The number of benzene rings is 2. The van der Waals surface area contributed by atoms with Crippen molar-refractivity contribution in [3.63, 3.8) is 0 Å². The molecule has 2 aromatic carbocycles. The van der Waals surface area contributed by atoms with Crippen LogP contribution in [0.1, 0.15) is 20.8 Å². The van der Waals surface area contributed by atoms with Gasteiger partial charge < -0.3 is 10.5 Å². The molecule has 0 saturated carbocycles. The van der Waals surface area contributed by atoms with Crippen molar-refractivity contribution < 1.29 is 14.3 Å². The summed E-state index contributed by atoms with van der Waals surface area (Å²) < 4.78 is 5.13. The van der Waals surface area contributed by atoms with E-state index in [0.29, 0.717) is 36.7 Å². The van der Waals surface area contributed by atoms with E-state index in [0.717, 1.165) is 5.56 Å². The molecule has 3 aromatic rings. The molecular weight excluding hydrogens is 445 g/mol. The lowest BCUT2D eigenvalue weighted by atomic mass is 10.0. The van der Waals surface area contributed by atoms with E-state index in [-0.39, 0.29) is 12.2 Å². The van der Waals surface area contributed by atoms with E-state index >= 15 is 0 Å². The van der Waals surface area contributed by atoms with Crippen LogP contribution in [-0.4, -0.2) is 24.8 Å². The maximum absolute atomic E-state index is 13.0. The van der Waals surface area contributed by atoms with Gasteiger partial charge in [0.1, 0.15) is 5.75 Å². The van der Waals surface area contributed by atoms with Crippen molar-refractivity contribution in [2.24, 2.45) is 5.73 Å². The molecule has 0 fully saturated rings. The van der Waals surface area contributed by atoms with Crippen molar-refractivity contribution in [1.29, 1.82) is 5.41 Å². The van der Waals surface area contributed by atoms with Crippen LogP contribution in [0, 0.1) is 5.41 Å².